The topological polar surface area (TPSA) is 49.3 Å². The summed E-state index contributed by atoms with van der Waals surface area (Å²) in [4.78, 5) is 10.7. The smallest absolute Gasteiger partial charge is 0.324 e. The fourth-order valence-electron chi connectivity index (χ4n) is 1.66. The van der Waals surface area contributed by atoms with Crippen molar-refractivity contribution >= 4 is 11.5 Å². The van der Waals surface area contributed by atoms with Crippen molar-refractivity contribution in [2.24, 2.45) is 0 Å². The van der Waals surface area contributed by atoms with Gasteiger partial charge in [-0.15, -0.1) is 0 Å². The lowest BCUT2D eigenvalue weighted by atomic mass is 10.0. The minimum absolute atomic E-state index is 0.540. The van der Waals surface area contributed by atoms with Crippen LogP contribution in [0.4, 0.5) is 0 Å². The summed E-state index contributed by atoms with van der Waals surface area (Å²) in [7, 11) is 0. The molecular formula is C12H13NO2. The average molecular weight is 203 g/mol. The molecule has 1 aromatic carbocycles. The molecule has 1 aliphatic rings. The molecule has 78 valence electrons. The van der Waals surface area contributed by atoms with Crippen LogP contribution in [0.25, 0.3) is 5.57 Å². The van der Waals surface area contributed by atoms with Gasteiger partial charge in [-0.05, 0) is 18.1 Å². The van der Waals surface area contributed by atoms with E-state index in [1.165, 1.54) is 5.56 Å². The molecule has 0 saturated heterocycles. The van der Waals surface area contributed by atoms with Crippen LogP contribution < -0.4 is 5.32 Å². The van der Waals surface area contributed by atoms with Crippen LogP contribution in [0.2, 0.25) is 0 Å². The zero-order valence-electron chi connectivity index (χ0n) is 8.53. The van der Waals surface area contributed by atoms with Crippen molar-refractivity contribution in [1.29, 1.82) is 0 Å². The van der Waals surface area contributed by atoms with Crippen molar-refractivity contribution < 1.29 is 9.90 Å². The zero-order chi connectivity index (χ0) is 10.8. The Kier molecular flexibility index (Phi) is 2.56. The third kappa shape index (κ3) is 2.07. The standard InChI is InChI=1S/C12H13NO2/c1-8-2-4-9(5-3-8)10-6-11(12(14)15)13-7-10/h2-6,11,13H,7H2,1H3,(H,14,15)/t11-/m0/s1. The molecule has 0 aromatic heterocycles. The molecule has 1 aliphatic heterocycles. The number of carboxylic acid groups (broad SMARTS) is 1. The molecule has 0 bridgehead atoms. The van der Waals surface area contributed by atoms with E-state index in [9.17, 15) is 4.79 Å². The van der Waals surface area contributed by atoms with E-state index in [1.54, 1.807) is 6.08 Å². The minimum Gasteiger partial charge on any atom is -0.480 e. The van der Waals surface area contributed by atoms with Crippen LogP contribution in [0, 0.1) is 6.92 Å². The maximum atomic E-state index is 10.7. The molecule has 0 aliphatic carbocycles. The van der Waals surface area contributed by atoms with Crippen LogP contribution in [0.3, 0.4) is 0 Å². The molecule has 0 spiro atoms. The summed E-state index contributed by atoms with van der Waals surface area (Å²) in [6.07, 6.45) is 1.77. The monoisotopic (exact) mass is 203 g/mol. The third-order valence-electron chi connectivity index (χ3n) is 2.57. The Labute approximate surface area is 88.4 Å². The quantitative estimate of drug-likeness (QED) is 0.764. The van der Waals surface area contributed by atoms with E-state index in [0.29, 0.717) is 6.54 Å². The van der Waals surface area contributed by atoms with Gasteiger partial charge < -0.3 is 5.11 Å². The van der Waals surface area contributed by atoms with Gasteiger partial charge in [0.15, 0.2) is 0 Å². The van der Waals surface area contributed by atoms with E-state index in [2.05, 4.69) is 5.32 Å². The second kappa shape index (κ2) is 3.87. The Balaban J connectivity index is 2.22. The van der Waals surface area contributed by atoms with Crippen molar-refractivity contribution in [3.05, 3.63) is 41.5 Å². The number of hydrogen-bond donors (Lipinski definition) is 2. The van der Waals surface area contributed by atoms with Gasteiger partial charge >= 0.3 is 5.97 Å². The molecule has 15 heavy (non-hydrogen) atoms. The lowest BCUT2D eigenvalue weighted by Crippen LogP contribution is -2.30. The summed E-state index contributed by atoms with van der Waals surface area (Å²) in [5, 5.41) is 11.7. The van der Waals surface area contributed by atoms with Gasteiger partial charge in [0.1, 0.15) is 6.04 Å². The van der Waals surface area contributed by atoms with Crippen LogP contribution in [-0.2, 0) is 4.79 Å². The van der Waals surface area contributed by atoms with Crippen molar-refractivity contribution in [2.75, 3.05) is 6.54 Å². The summed E-state index contributed by atoms with van der Waals surface area (Å²) in [5.74, 6) is -0.822. The van der Waals surface area contributed by atoms with Crippen molar-refractivity contribution in [2.45, 2.75) is 13.0 Å². The second-order valence-corrected chi connectivity index (χ2v) is 3.75. The van der Waals surface area contributed by atoms with E-state index >= 15 is 0 Å². The summed E-state index contributed by atoms with van der Waals surface area (Å²) in [6.45, 7) is 2.66. The van der Waals surface area contributed by atoms with Gasteiger partial charge in [-0.25, -0.2) is 0 Å². The highest BCUT2D eigenvalue weighted by Gasteiger charge is 2.21. The molecule has 0 saturated carbocycles. The predicted octanol–water partition coefficient (Wildman–Crippen LogP) is 1.43. The molecule has 0 unspecified atom stereocenters. The van der Waals surface area contributed by atoms with Crippen LogP contribution in [-0.4, -0.2) is 23.7 Å². The Bertz CT molecular complexity index is 406. The van der Waals surface area contributed by atoms with Gasteiger partial charge in [-0.2, -0.15) is 0 Å². The van der Waals surface area contributed by atoms with Gasteiger partial charge in [0, 0.05) is 6.54 Å². The second-order valence-electron chi connectivity index (χ2n) is 3.75. The van der Waals surface area contributed by atoms with Crippen LogP contribution in [0.15, 0.2) is 30.3 Å². The van der Waals surface area contributed by atoms with E-state index in [4.69, 9.17) is 5.11 Å². The molecule has 0 radical (unpaired) electrons. The fraction of sp³-hybridized carbons (Fsp3) is 0.250. The molecule has 2 N–H and O–H groups in total. The highest BCUT2D eigenvalue weighted by Crippen LogP contribution is 2.19. The Morgan fingerprint density at radius 3 is 2.60 bits per heavy atom. The van der Waals surface area contributed by atoms with Gasteiger partial charge in [-0.3, -0.25) is 10.1 Å². The van der Waals surface area contributed by atoms with Gasteiger partial charge in [0.2, 0.25) is 0 Å². The normalized spacial score (nSPS) is 20.1. The SMILES string of the molecule is Cc1ccc(C2=C[C@@H](C(=O)O)NC2)cc1. The number of carbonyl (C=O) groups is 1. The molecule has 3 heteroatoms. The van der Waals surface area contributed by atoms with Gasteiger partial charge in [0.05, 0.1) is 0 Å². The maximum Gasteiger partial charge on any atom is 0.324 e. The highest BCUT2D eigenvalue weighted by atomic mass is 16.4. The number of carboxylic acids is 1. The highest BCUT2D eigenvalue weighted by molar-refractivity contribution is 5.83. The number of rotatable bonds is 2. The predicted molar refractivity (Wildman–Crippen MR) is 58.6 cm³/mol. The van der Waals surface area contributed by atoms with Gasteiger partial charge in [-0.1, -0.05) is 35.9 Å². The first-order valence-corrected chi connectivity index (χ1v) is 4.91. The van der Waals surface area contributed by atoms with Crippen molar-refractivity contribution in [3.63, 3.8) is 0 Å². The Morgan fingerprint density at radius 2 is 2.07 bits per heavy atom. The maximum absolute atomic E-state index is 10.7. The van der Waals surface area contributed by atoms with E-state index in [0.717, 1.165) is 11.1 Å². The molecule has 1 aromatic rings. The minimum atomic E-state index is -0.822. The van der Waals surface area contributed by atoms with Crippen molar-refractivity contribution in [1.82, 2.24) is 5.32 Å². The third-order valence-corrected chi connectivity index (χ3v) is 2.57. The zero-order valence-corrected chi connectivity index (χ0v) is 8.53. The number of nitrogens with one attached hydrogen (secondary N) is 1. The summed E-state index contributed by atoms with van der Waals surface area (Å²) < 4.78 is 0. The van der Waals surface area contributed by atoms with E-state index in [1.807, 2.05) is 31.2 Å². The average Bonchev–Trinajstić information content (AvgIpc) is 2.68. The molecule has 1 atom stereocenters. The molecule has 0 amide bonds. The molecule has 1 heterocycles. The van der Waals surface area contributed by atoms with Gasteiger partial charge in [0.25, 0.3) is 0 Å². The van der Waals surface area contributed by atoms with Crippen LogP contribution in [0.1, 0.15) is 11.1 Å². The lowest BCUT2D eigenvalue weighted by Gasteiger charge is -2.01. The summed E-state index contributed by atoms with van der Waals surface area (Å²) in [6, 6.07) is 7.57. The first-order chi connectivity index (χ1) is 7.16. The first-order valence-electron chi connectivity index (χ1n) is 4.91. The number of hydrogen-bond acceptors (Lipinski definition) is 2. The number of benzene rings is 1. The molecule has 2 rings (SSSR count). The number of aliphatic carboxylic acids is 1. The largest absolute Gasteiger partial charge is 0.480 e. The summed E-state index contributed by atoms with van der Waals surface area (Å²) >= 11 is 0. The van der Waals surface area contributed by atoms with E-state index < -0.39 is 12.0 Å². The first kappa shape index (κ1) is 9.93. The molecular weight excluding hydrogens is 190 g/mol. The van der Waals surface area contributed by atoms with Crippen molar-refractivity contribution in [3.8, 4) is 0 Å². The molecule has 3 nitrogen and oxygen atoms in total. The fourth-order valence-corrected chi connectivity index (χ4v) is 1.66. The van der Waals surface area contributed by atoms with E-state index in [-0.39, 0.29) is 0 Å². The Morgan fingerprint density at radius 1 is 1.40 bits per heavy atom. The van der Waals surface area contributed by atoms with Crippen LogP contribution in [0.5, 0.6) is 0 Å². The molecule has 0 fully saturated rings. The number of aryl methyl sites for hydroxylation is 1. The summed E-state index contributed by atoms with van der Waals surface area (Å²) in [5.41, 5.74) is 3.36. The van der Waals surface area contributed by atoms with Crippen LogP contribution >= 0.6 is 0 Å². The Hall–Kier alpha value is -1.61. The lowest BCUT2D eigenvalue weighted by molar-refractivity contribution is -0.137.